The molecule has 0 radical (unpaired) electrons. The van der Waals surface area contributed by atoms with Crippen LogP contribution in [-0.2, 0) is 25.7 Å². The van der Waals surface area contributed by atoms with Crippen LogP contribution < -0.4 is 9.77 Å². The molecule has 14 heteroatoms. The summed E-state index contributed by atoms with van der Waals surface area (Å²) in [6.45, 7) is 1.56. The standard InChI is InChI=1S/C25H21N5O7S2/c31-17(27-8-10-37-11-9-27)13-28-24-21(39-25(28)34)18(14-2-1-7-26-12-14)19-20(38-24)23(33)29(22(19)32)15-3-5-16(6-4-15)30(35)36/h1-7,12,18-20H,8-11,13H2/t18-,19?,20?/m1/s1. The number of nitro groups is 1. The van der Waals surface area contributed by atoms with Crippen molar-refractivity contribution in [3.05, 3.63) is 79.0 Å². The fourth-order valence-corrected chi connectivity index (χ4v) is 7.97. The molecule has 39 heavy (non-hydrogen) atoms. The van der Waals surface area contributed by atoms with E-state index in [0.717, 1.165) is 28.0 Å². The zero-order chi connectivity index (χ0) is 27.3. The quantitative estimate of drug-likeness (QED) is 0.256. The smallest absolute Gasteiger partial charge is 0.308 e. The Labute approximate surface area is 229 Å². The molecule has 6 rings (SSSR count). The van der Waals surface area contributed by atoms with Crippen LogP contribution in [0.3, 0.4) is 0 Å². The third-order valence-corrected chi connectivity index (χ3v) is 9.67. The number of anilines is 1. The number of fused-ring (bicyclic) bond motifs is 2. The number of morpholine rings is 1. The van der Waals surface area contributed by atoms with Gasteiger partial charge in [-0.1, -0.05) is 29.2 Å². The van der Waals surface area contributed by atoms with Crippen LogP contribution in [0.1, 0.15) is 16.4 Å². The van der Waals surface area contributed by atoms with E-state index >= 15 is 0 Å². The Balaban J connectivity index is 1.40. The molecule has 200 valence electrons. The number of benzene rings is 1. The van der Waals surface area contributed by atoms with Gasteiger partial charge in [0.15, 0.2) is 0 Å². The number of nitrogens with zero attached hydrogens (tertiary/aromatic N) is 5. The van der Waals surface area contributed by atoms with Gasteiger partial charge in [0.25, 0.3) is 5.69 Å². The highest BCUT2D eigenvalue weighted by Gasteiger charge is 2.57. The van der Waals surface area contributed by atoms with Gasteiger partial charge in [-0.25, -0.2) is 4.90 Å². The average Bonchev–Trinajstić information content (AvgIpc) is 3.40. The second kappa shape index (κ2) is 10.0. The summed E-state index contributed by atoms with van der Waals surface area (Å²) < 4.78 is 6.72. The molecule has 12 nitrogen and oxygen atoms in total. The molecule has 0 saturated carbocycles. The maximum atomic E-state index is 13.8. The average molecular weight is 568 g/mol. The molecule has 1 aromatic carbocycles. The molecule has 3 aliphatic heterocycles. The fourth-order valence-electron chi connectivity index (χ4n) is 5.20. The molecule has 0 bridgehead atoms. The van der Waals surface area contributed by atoms with E-state index in [1.807, 2.05) is 0 Å². The van der Waals surface area contributed by atoms with Crippen molar-refractivity contribution in [2.45, 2.75) is 22.7 Å². The predicted molar refractivity (Wildman–Crippen MR) is 141 cm³/mol. The summed E-state index contributed by atoms with van der Waals surface area (Å²) in [7, 11) is 0. The Morgan fingerprint density at radius 3 is 2.51 bits per heavy atom. The van der Waals surface area contributed by atoms with Crippen molar-refractivity contribution in [1.82, 2.24) is 14.5 Å². The summed E-state index contributed by atoms with van der Waals surface area (Å²) in [5.74, 6) is -2.61. The molecule has 3 aromatic rings. The van der Waals surface area contributed by atoms with Gasteiger partial charge in [-0.3, -0.25) is 38.8 Å². The number of hydrogen-bond acceptors (Lipinski definition) is 10. The molecule has 5 heterocycles. The number of non-ortho nitro benzene ring substituents is 1. The number of amides is 3. The number of imide groups is 1. The number of hydrogen-bond donors (Lipinski definition) is 0. The summed E-state index contributed by atoms with van der Waals surface area (Å²) in [5.41, 5.74) is 0.751. The third kappa shape index (κ3) is 4.33. The zero-order valence-electron chi connectivity index (χ0n) is 20.3. The van der Waals surface area contributed by atoms with Crippen molar-refractivity contribution in [2.24, 2.45) is 5.92 Å². The summed E-state index contributed by atoms with van der Waals surface area (Å²) in [4.78, 5) is 71.5. The molecular formula is C25H21N5O7S2. The lowest BCUT2D eigenvalue weighted by atomic mass is 9.84. The molecule has 3 aliphatic rings. The van der Waals surface area contributed by atoms with Crippen LogP contribution >= 0.6 is 23.1 Å². The lowest BCUT2D eigenvalue weighted by Gasteiger charge is -2.31. The number of pyridine rings is 1. The molecule has 3 amide bonds. The van der Waals surface area contributed by atoms with Crippen LogP contribution in [0, 0.1) is 16.0 Å². The first kappa shape index (κ1) is 25.4. The van der Waals surface area contributed by atoms with Crippen molar-refractivity contribution in [3.8, 4) is 0 Å². The van der Waals surface area contributed by atoms with Crippen molar-refractivity contribution in [1.29, 1.82) is 0 Å². The minimum absolute atomic E-state index is 0.158. The summed E-state index contributed by atoms with van der Waals surface area (Å²) in [6, 6.07) is 8.77. The van der Waals surface area contributed by atoms with Crippen molar-refractivity contribution in [3.63, 3.8) is 0 Å². The third-order valence-electron chi connectivity index (χ3n) is 7.07. The second-order valence-electron chi connectivity index (χ2n) is 9.23. The van der Waals surface area contributed by atoms with Gasteiger partial charge in [0.1, 0.15) is 11.8 Å². The second-order valence-corrected chi connectivity index (χ2v) is 11.4. The van der Waals surface area contributed by atoms with Gasteiger partial charge in [0.2, 0.25) is 17.7 Å². The molecule has 2 fully saturated rings. The summed E-state index contributed by atoms with van der Waals surface area (Å²) >= 11 is 2.09. The minimum atomic E-state index is -0.857. The Bertz CT molecular complexity index is 1530. The van der Waals surface area contributed by atoms with E-state index in [0.29, 0.717) is 41.8 Å². The number of rotatable bonds is 5. The van der Waals surface area contributed by atoms with Crippen LogP contribution in [0.2, 0.25) is 0 Å². The van der Waals surface area contributed by atoms with E-state index in [1.54, 1.807) is 29.4 Å². The fraction of sp³-hybridized carbons (Fsp3) is 0.320. The van der Waals surface area contributed by atoms with Crippen LogP contribution in [0.15, 0.2) is 58.6 Å². The van der Waals surface area contributed by atoms with Crippen LogP contribution in [0.25, 0.3) is 0 Å². The number of aromatic nitrogens is 2. The monoisotopic (exact) mass is 567 g/mol. The first-order chi connectivity index (χ1) is 18.8. The van der Waals surface area contributed by atoms with Gasteiger partial charge in [-0.15, -0.1) is 0 Å². The highest BCUT2D eigenvalue weighted by atomic mass is 32.2. The van der Waals surface area contributed by atoms with E-state index in [9.17, 15) is 29.3 Å². The van der Waals surface area contributed by atoms with Crippen molar-refractivity contribution in [2.75, 3.05) is 31.2 Å². The molecule has 2 aromatic heterocycles. The number of nitro benzene ring substituents is 1. The van der Waals surface area contributed by atoms with Gasteiger partial charge in [-0.05, 0) is 23.8 Å². The molecule has 2 unspecified atom stereocenters. The van der Waals surface area contributed by atoms with E-state index < -0.39 is 33.8 Å². The number of carbonyl (C=O) groups excluding carboxylic acids is 3. The summed E-state index contributed by atoms with van der Waals surface area (Å²) in [5, 5.41) is 10.7. The Kier molecular flexibility index (Phi) is 6.53. The number of thioether (sulfide) groups is 1. The first-order valence-corrected chi connectivity index (χ1v) is 13.8. The Morgan fingerprint density at radius 2 is 1.85 bits per heavy atom. The highest BCUT2D eigenvalue weighted by molar-refractivity contribution is 8.00. The van der Waals surface area contributed by atoms with E-state index in [2.05, 4.69) is 4.98 Å². The van der Waals surface area contributed by atoms with Crippen molar-refractivity contribution >= 4 is 52.2 Å². The molecule has 0 N–H and O–H groups in total. The SMILES string of the molecule is O=C(Cn1c2c(sc1=O)[C@H](c1cccnc1)C1C(=O)N(c3ccc([N+](=O)[O-])cc3)C(=O)C1S2)N1CCOCC1. The molecule has 0 spiro atoms. The predicted octanol–water partition coefficient (Wildman–Crippen LogP) is 1.87. The molecule has 0 aliphatic carbocycles. The molecular weight excluding hydrogens is 546 g/mol. The van der Waals surface area contributed by atoms with Gasteiger partial charge in [-0.2, -0.15) is 0 Å². The lowest BCUT2D eigenvalue weighted by molar-refractivity contribution is -0.384. The minimum Gasteiger partial charge on any atom is -0.378 e. The molecule has 3 atom stereocenters. The van der Waals surface area contributed by atoms with Gasteiger partial charge < -0.3 is 9.64 Å². The van der Waals surface area contributed by atoms with Crippen LogP contribution in [-0.4, -0.2) is 68.6 Å². The molecule has 2 saturated heterocycles. The maximum Gasteiger partial charge on any atom is 0.308 e. The topological polar surface area (TPSA) is 145 Å². The van der Waals surface area contributed by atoms with Gasteiger partial charge in [0, 0.05) is 48.4 Å². The van der Waals surface area contributed by atoms with E-state index in [4.69, 9.17) is 4.74 Å². The zero-order valence-corrected chi connectivity index (χ0v) is 21.9. The van der Waals surface area contributed by atoms with Gasteiger partial charge in [0.05, 0.1) is 34.8 Å². The Morgan fingerprint density at radius 1 is 1.10 bits per heavy atom. The van der Waals surface area contributed by atoms with Crippen LogP contribution in [0.5, 0.6) is 0 Å². The number of carbonyl (C=O) groups is 3. The largest absolute Gasteiger partial charge is 0.378 e. The summed E-state index contributed by atoms with van der Waals surface area (Å²) in [6.07, 6.45) is 3.21. The normalized spacial score (nSPS) is 22.5. The lowest BCUT2D eigenvalue weighted by Crippen LogP contribution is -2.43. The van der Waals surface area contributed by atoms with E-state index in [-0.39, 0.29) is 28.7 Å². The first-order valence-electron chi connectivity index (χ1n) is 12.1. The van der Waals surface area contributed by atoms with Crippen molar-refractivity contribution < 1.29 is 24.0 Å². The number of ether oxygens (including phenoxy) is 1. The Hall–Kier alpha value is -3.88. The van der Waals surface area contributed by atoms with Gasteiger partial charge >= 0.3 is 4.87 Å². The van der Waals surface area contributed by atoms with E-state index in [1.165, 1.54) is 28.8 Å². The number of thiazole rings is 1. The van der Waals surface area contributed by atoms with Crippen LogP contribution in [0.4, 0.5) is 11.4 Å². The maximum absolute atomic E-state index is 13.8. The highest BCUT2D eigenvalue weighted by Crippen LogP contribution is 2.53.